The van der Waals surface area contributed by atoms with Gasteiger partial charge in [-0.25, -0.2) is 9.78 Å². The van der Waals surface area contributed by atoms with Crippen molar-refractivity contribution in [2.45, 2.75) is 45.3 Å². The Morgan fingerprint density at radius 1 is 1.18 bits per heavy atom. The summed E-state index contributed by atoms with van der Waals surface area (Å²) in [7, 11) is 0. The van der Waals surface area contributed by atoms with Gasteiger partial charge in [0, 0.05) is 44.3 Å². The van der Waals surface area contributed by atoms with Crippen LogP contribution < -0.4 is 9.80 Å². The number of nitrogens with zero attached hydrogens (tertiary/aromatic N) is 5. The third-order valence-electron chi connectivity index (χ3n) is 5.35. The van der Waals surface area contributed by atoms with Crippen molar-refractivity contribution in [1.82, 2.24) is 14.9 Å². The van der Waals surface area contributed by atoms with E-state index < -0.39 is 5.60 Å². The zero-order valence-electron chi connectivity index (χ0n) is 16.8. The van der Waals surface area contributed by atoms with Gasteiger partial charge in [0.25, 0.3) is 0 Å². The Kier molecular flexibility index (Phi) is 5.26. The van der Waals surface area contributed by atoms with E-state index in [0.29, 0.717) is 37.4 Å². The monoisotopic (exact) mass is 409 g/mol. The van der Waals surface area contributed by atoms with Gasteiger partial charge in [-0.15, -0.1) is 0 Å². The van der Waals surface area contributed by atoms with Crippen molar-refractivity contribution in [2.75, 3.05) is 55.7 Å². The first-order valence-corrected chi connectivity index (χ1v) is 10.3. The van der Waals surface area contributed by atoms with Crippen LogP contribution in [0.4, 0.5) is 16.6 Å². The molecule has 2 fully saturated rings. The number of likely N-dealkylation sites (tertiary alicyclic amines) is 1. The first-order chi connectivity index (χ1) is 13.3. The third kappa shape index (κ3) is 3.98. The number of morpholine rings is 1. The summed E-state index contributed by atoms with van der Waals surface area (Å²) in [5.41, 5.74) is 0.526. The molecule has 0 N–H and O–H groups in total. The lowest BCUT2D eigenvalue weighted by molar-refractivity contribution is 0.0292. The van der Waals surface area contributed by atoms with Gasteiger partial charge in [0.05, 0.1) is 13.2 Å². The van der Waals surface area contributed by atoms with E-state index in [1.54, 1.807) is 4.90 Å². The van der Waals surface area contributed by atoms with Crippen LogP contribution in [0.15, 0.2) is 0 Å². The summed E-state index contributed by atoms with van der Waals surface area (Å²) in [6.45, 7) is 10.7. The number of halogens is 1. The smallest absolute Gasteiger partial charge is 0.410 e. The molecule has 1 aromatic heterocycles. The van der Waals surface area contributed by atoms with Crippen molar-refractivity contribution in [3.63, 3.8) is 0 Å². The number of ether oxygens (including phenoxy) is 2. The molecule has 0 aromatic carbocycles. The molecule has 0 bridgehead atoms. The Balaban J connectivity index is 1.50. The van der Waals surface area contributed by atoms with Crippen molar-refractivity contribution >= 4 is 29.5 Å². The van der Waals surface area contributed by atoms with Crippen molar-refractivity contribution in [1.29, 1.82) is 0 Å². The second-order valence-corrected chi connectivity index (χ2v) is 8.89. The van der Waals surface area contributed by atoms with Crippen LogP contribution in [0.2, 0.25) is 5.15 Å². The molecule has 3 aliphatic rings. The van der Waals surface area contributed by atoms with Crippen LogP contribution in [0.1, 0.15) is 32.8 Å². The molecular weight excluding hydrogens is 382 g/mol. The maximum absolute atomic E-state index is 12.4. The number of carbonyl (C=O) groups excluding carboxylic acids is 1. The summed E-state index contributed by atoms with van der Waals surface area (Å²) < 4.78 is 10.9. The Labute approximate surface area is 170 Å². The summed E-state index contributed by atoms with van der Waals surface area (Å²) >= 11 is 6.50. The lowest BCUT2D eigenvalue weighted by Crippen LogP contribution is -2.40. The maximum atomic E-state index is 12.4. The number of fused-ring (bicyclic) bond motifs is 1. The van der Waals surface area contributed by atoms with Crippen LogP contribution in [0.5, 0.6) is 0 Å². The van der Waals surface area contributed by atoms with E-state index in [9.17, 15) is 4.79 Å². The molecule has 4 rings (SSSR count). The number of aromatic nitrogens is 2. The van der Waals surface area contributed by atoms with Crippen molar-refractivity contribution < 1.29 is 14.3 Å². The third-order valence-corrected chi connectivity index (χ3v) is 5.66. The molecule has 28 heavy (non-hydrogen) atoms. The highest BCUT2D eigenvalue weighted by Crippen LogP contribution is 2.36. The summed E-state index contributed by atoms with van der Waals surface area (Å²) in [5.74, 6) is 1.58. The first-order valence-electron chi connectivity index (χ1n) is 9.95. The Bertz CT molecular complexity index is 748. The second kappa shape index (κ2) is 7.55. The van der Waals surface area contributed by atoms with E-state index in [1.807, 2.05) is 20.8 Å². The fourth-order valence-electron chi connectivity index (χ4n) is 3.97. The molecule has 0 spiro atoms. The summed E-state index contributed by atoms with van der Waals surface area (Å²) in [4.78, 5) is 28.0. The summed E-state index contributed by atoms with van der Waals surface area (Å²) in [5, 5.41) is 0.538. The SMILES string of the molecule is CC(C)(C)OC(=O)N1CCC(N2CCc3c(Cl)nc(N4CCOCC4)nc32)C1. The van der Waals surface area contributed by atoms with Crippen LogP contribution in [-0.4, -0.2) is 78.5 Å². The number of hydrogen-bond donors (Lipinski definition) is 0. The van der Waals surface area contributed by atoms with E-state index in [2.05, 4.69) is 14.8 Å². The molecule has 1 amide bonds. The van der Waals surface area contributed by atoms with Crippen molar-refractivity contribution in [2.24, 2.45) is 0 Å². The van der Waals surface area contributed by atoms with Crippen LogP contribution in [0.25, 0.3) is 0 Å². The number of anilines is 2. The number of amides is 1. The molecule has 1 atom stereocenters. The Hall–Kier alpha value is -1.80. The van der Waals surface area contributed by atoms with Gasteiger partial charge in [0.2, 0.25) is 5.95 Å². The lowest BCUT2D eigenvalue weighted by atomic mass is 10.2. The fraction of sp³-hybridized carbons (Fsp3) is 0.737. The molecule has 0 saturated carbocycles. The van der Waals surface area contributed by atoms with Crippen molar-refractivity contribution in [3.05, 3.63) is 10.7 Å². The molecule has 9 heteroatoms. The van der Waals surface area contributed by atoms with E-state index in [4.69, 9.17) is 26.1 Å². The largest absolute Gasteiger partial charge is 0.444 e. The molecule has 0 aliphatic carbocycles. The van der Waals surface area contributed by atoms with E-state index in [-0.39, 0.29) is 12.1 Å². The Morgan fingerprint density at radius 3 is 2.64 bits per heavy atom. The van der Waals surface area contributed by atoms with Gasteiger partial charge in [-0.2, -0.15) is 4.98 Å². The van der Waals surface area contributed by atoms with Gasteiger partial charge in [-0.05, 0) is 33.6 Å². The van der Waals surface area contributed by atoms with Crippen LogP contribution in [0.3, 0.4) is 0 Å². The quantitative estimate of drug-likeness (QED) is 0.694. The molecule has 154 valence electrons. The molecule has 8 nitrogen and oxygen atoms in total. The van der Waals surface area contributed by atoms with Gasteiger partial charge in [0.15, 0.2) is 0 Å². The number of rotatable bonds is 2. The zero-order chi connectivity index (χ0) is 19.9. The molecule has 3 aliphatic heterocycles. The van der Waals surface area contributed by atoms with Crippen LogP contribution in [0, 0.1) is 0 Å². The molecule has 0 radical (unpaired) electrons. The standard InChI is InChI=1S/C19H28ClN5O3/c1-19(2,3)28-18(26)24-6-4-13(12-24)25-7-5-14-15(20)21-17(22-16(14)25)23-8-10-27-11-9-23/h13H,4-12H2,1-3H3. The van der Waals surface area contributed by atoms with Gasteiger partial charge >= 0.3 is 6.09 Å². The van der Waals surface area contributed by atoms with Crippen LogP contribution in [-0.2, 0) is 15.9 Å². The number of hydrogen-bond acceptors (Lipinski definition) is 7. The lowest BCUT2D eigenvalue weighted by Gasteiger charge is -2.30. The average Bonchev–Trinajstić information content (AvgIpc) is 3.28. The highest BCUT2D eigenvalue weighted by molar-refractivity contribution is 6.30. The predicted molar refractivity (Wildman–Crippen MR) is 107 cm³/mol. The predicted octanol–water partition coefficient (Wildman–Crippen LogP) is 2.34. The van der Waals surface area contributed by atoms with Gasteiger partial charge in [-0.3, -0.25) is 0 Å². The van der Waals surface area contributed by atoms with E-state index >= 15 is 0 Å². The molecule has 1 unspecified atom stereocenters. The number of carbonyl (C=O) groups is 1. The minimum Gasteiger partial charge on any atom is -0.444 e. The van der Waals surface area contributed by atoms with Crippen LogP contribution >= 0.6 is 11.6 Å². The molecule has 1 aromatic rings. The normalized spacial score (nSPS) is 22.6. The van der Waals surface area contributed by atoms with Gasteiger partial charge in [-0.1, -0.05) is 11.6 Å². The van der Waals surface area contributed by atoms with Gasteiger partial charge < -0.3 is 24.2 Å². The zero-order valence-corrected chi connectivity index (χ0v) is 17.5. The van der Waals surface area contributed by atoms with Gasteiger partial charge in [0.1, 0.15) is 16.6 Å². The molecular formula is C19H28ClN5O3. The van der Waals surface area contributed by atoms with Crippen molar-refractivity contribution in [3.8, 4) is 0 Å². The minimum atomic E-state index is -0.483. The van der Waals surface area contributed by atoms with E-state index in [1.165, 1.54) is 0 Å². The van der Waals surface area contributed by atoms with E-state index in [0.717, 1.165) is 43.9 Å². The maximum Gasteiger partial charge on any atom is 0.410 e. The topological polar surface area (TPSA) is 71.0 Å². The summed E-state index contributed by atoms with van der Waals surface area (Å²) in [6, 6.07) is 0.220. The molecule has 4 heterocycles. The molecule has 2 saturated heterocycles. The fourth-order valence-corrected chi connectivity index (χ4v) is 4.23. The summed E-state index contributed by atoms with van der Waals surface area (Å²) in [6.07, 6.45) is 1.48. The first kappa shape index (κ1) is 19.5. The second-order valence-electron chi connectivity index (χ2n) is 8.53. The highest BCUT2D eigenvalue weighted by Gasteiger charge is 2.37. The minimum absolute atomic E-state index is 0.220. The highest BCUT2D eigenvalue weighted by atomic mass is 35.5. The average molecular weight is 410 g/mol. The Morgan fingerprint density at radius 2 is 1.93 bits per heavy atom.